The predicted molar refractivity (Wildman–Crippen MR) is 147 cm³/mol. The minimum atomic E-state index is -0.164. The first-order valence-electron chi connectivity index (χ1n) is 11.6. The summed E-state index contributed by atoms with van der Waals surface area (Å²) >= 11 is 14.2. The van der Waals surface area contributed by atoms with Crippen molar-refractivity contribution in [2.45, 2.75) is 86.0 Å². The number of aryl methyl sites for hydroxylation is 4. The van der Waals surface area contributed by atoms with E-state index in [4.69, 9.17) is 32.3 Å². The molecule has 3 aromatic rings. The van der Waals surface area contributed by atoms with Crippen LogP contribution in [0.25, 0.3) is 0 Å². The summed E-state index contributed by atoms with van der Waals surface area (Å²) in [6, 6.07) is 8.60. The van der Waals surface area contributed by atoms with Gasteiger partial charge < -0.3 is 8.58 Å². The van der Waals surface area contributed by atoms with Gasteiger partial charge in [0.1, 0.15) is 23.7 Å². The van der Waals surface area contributed by atoms with Crippen molar-refractivity contribution < 1.29 is 30.3 Å². The molecule has 0 fully saturated rings. The molecular weight excluding hydrogens is 531 g/mol. The van der Waals surface area contributed by atoms with Crippen molar-refractivity contribution in [3.63, 3.8) is 0 Å². The van der Waals surface area contributed by atoms with E-state index >= 15 is 0 Å². The van der Waals surface area contributed by atoms with Gasteiger partial charge in [-0.25, -0.2) is 0 Å². The first-order chi connectivity index (χ1) is 15.7. The second-order valence-electron chi connectivity index (χ2n) is 11.4. The van der Waals surface area contributed by atoms with E-state index in [2.05, 4.69) is 98.9 Å². The molecule has 0 bridgehead atoms. The molecule has 2 nitrogen and oxygen atoms in total. The Labute approximate surface area is 240 Å². The Bertz CT molecular complexity index is 1110. The van der Waals surface area contributed by atoms with Crippen LogP contribution in [-0.2, 0) is 32.5 Å². The van der Waals surface area contributed by atoms with Gasteiger partial charge in [-0.15, -0.1) is 11.3 Å². The maximum absolute atomic E-state index is 6.22. The Morgan fingerprint density at radius 3 is 1.40 bits per heavy atom. The predicted octanol–water partition coefficient (Wildman–Crippen LogP) is 9.82. The number of halogens is 2. The SMILES string of the molecule is Cc1cc(C)c(C(C)(C)C)c(C(c2cccs2)c2c(OCl)c(C)cc(C)c2C(C)(C)C)c1OCl.[Ti]. The maximum Gasteiger partial charge on any atom is 0.153 e. The number of hydrogen-bond donors (Lipinski definition) is 0. The van der Waals surface area contributed by atoms with E-state index in [1.807, 2.05) is 0 Å². The van der Waals surface area contributed by atoms with Crippen LogP contribution in [0.1, 0.15) is 96.8 Å². The van der Waals surface area contributed by atoms with E-state index in [0.717, 1.165) is 22.3 Å². The van der Waals surface area contributed by atoms with Crippen molar-refractivity contribution in [3.05, 3.63) is 79.0 Å². The van der Waals surface area contributed by atoms with Crippen molar-refractivity contribution in [1.82, 2.24) is 0 Å². The molecule has 0 atom stereocenters. The molecule has 3 rings (SSSR count). The fourth-order valence-corrected chi connectivity index (χ4v) is 6.89. The fraction of sp³-hybridized carbons (Fsp3) is 0.448. The molecule has 0 N–H and O–H groups in total. The van der Waals surface area contributed by atoms with Gasteiger partial charge in [-0.3, -0.25) is 0 Å². The van der Waals surface area contributed by atoms with Crippen molar-refractivity contribution in [3.8, 4) is 11.5 Å². The van der Waals surface area contributed by atoms with E-state index < -0.39 is 0 Å². The van der Waals surface area contributed by atoms with E-state index in [-0.39, 0.29) is 38.5 Å². The number of thiophene rings is 1. The Balaban J connectivity index is 0.00000432. The van der Waals surface area contributed by atoms with Crippen molar-refractivity contribution in [1.29, 1.82) is 0 Å². The quantitative estimate of drug-likeness (QED) is 0.286. The van der Waals surface area contributed by atoms with Gasteiger partial charge in [0.15, 0.2) is 11.5 Å². The summed E-state index contributed by atoms with van der Waals surface area (Å²) in [5.74, 6) is 1.24. The molecule has 6 heteroatoms. The van der Waals surface area contributed by atoms with E-state index in [1.165, 1.54) is 27.1 Å². The first-order valence-corrected chi connectivity index (χ1v) is 13.1. The zero-order valence-electron chi connectivity index (χ0n) is 22.4. The van der Waals surface area contributed by atoms with Crippen molar-refractivity contribution in [2.24, 2.45) is 0 Å². The van der Waals surface area contributed by atoms with Crippen LogP contribution in [0.3, 0.4) is 0 Å². The number of benzene rings is 2. The first kappa shape index (κ1) is 30.3. The van der Waals surface area contributed by atoms with Crippen LogP contribution >= 0.6 is 35.1 Å². The summed E-state index contributed by atoms with van der Waals surface area (Å²) in [4.78, 5) is 1.19. The van der Waals surface area contributed by atoms with E-state index in [9.17, 15) is 0 Å². The number of rotatable bonds is 5. The fourth-order valence-electron chi connectivity index (χ4n) is 5.63. The molecule has 0 amide bonds. The average Bonchev–Trinajstić information content (AvgIpc) is 3.20. The molecule has 35 heavy (non-hydrogen) atoms. The van der Waals surface area contributed by atoms with Gasteiger partial charge in [0.2, 0.25) is 0 Å². The molecule has 1 heterocycles. The summed E-state index contributed by atoms with van der Waals surface area (Å²) < 4.78 is 11.3. The Morgan fingerprint density at radius 2 is 1.11 bits per heavy atom. The zero-order chi connectivity index (χ0) is 25.6. The number of hydrogen-bond acceptors (Lipinski definition) is 3. The molecule has 188 valence electrons. The molecule has 0 unspecified atom stereocenters. The smallest absolute Gasteiger partial charge is 0.153 e. The van der Waals surface area contributed by atoms with Crippen molar-refractivity contribution >= 4 is 35.1 Å². The van der Waals surface area contributed by atoms with Gasteiger partial charge in [-0.2, -0.15) is 0 Å². The van der Waals surface area contributed by atoms with E-state index in [0.29, 0.717) is 11.5 Å². The summed E-state index contributed by atoms with van der Waals surface area (Å²) in [6.45, 7) is 21.9. The molecule has 2 aromatic carbocycles. The average molecular weight is 567 g/mol. The molecule has 0 saturated carbocycles. The normalized spacial score (nSPS) is 12.0. The van der Waals surface area contributed by atoms with Crippen LogP contribution in [0.5, 0.6) is 11.5 Å². The molecular formula is C29H36Cl2O2STi. The summed E-state index contributed by atoms with van der Waals surface area (Å²) in [5.41, 5.74) is 8.77. The van der Waals surface area contributed by atoms with Crippen LogP contribution < -0.4 is 8.58 Å². The van der Waals surface area contributed by atoms with Crippen LogP contribution in [0, 0.1) is 27.7 Å². The Morgan fingerprint density at radius 1 is 0.714 bits per heavy atom. The third-order valence-electron chi connectivity index (χ3n) is 6.46. The van der Waals surface area contributed by atoms with E-state index in [1.54, 1.807) is 11.3 Å². The van der Waals surface area contributed by atoms with Crippen LogP contribution in [0.2, 0.25) is 0 Å². The molecule has 0 radical (unpaired) electrons. The van der Waals surface area contributed by atoms with Gasteiger partial charge in [-0.05, 0) is 83.4 Å². The molecule has 1 aromatic heterocycles. The zero-order valence-corrected chi connectivity index (χ0v) is 26.3. The third-order valence-corrected chi connectivity index (χ3v) is 7.70. The summed E-state index contributed by atoms with van der Waals surface area (Å²) in [7, 11) is 0. The van der Waals surface area contributed by atoms with Crippen LogP contribution in [-0.4, -0.2) is 0 Å². The molecule has 0 aliphatic heterocycles. The second kappa shape index (κ2) is 11.2. The minimum Gasteiger partial charge on any atom is -0.385 e. The molecule has 0 saturated heterocycles. The van der Waals surface area contributed by atoms with Gasteiger partial charge in [0, 0.05) is 37.7 Å². The summed E-state index contributed by atoms with van der Waals surface area (Å²) in [6.07, 6.45) is 0. The largest absolute Gasteiger partial charge is 0.385 e. The maximum atomic E-state index is 6.22. The van der Waals surface area contributed by atoms with Gasteiger partial charge >= 0.3 is 0 Å². The summed E-state index contributed by atoms with van der Waals surface area (Å²) in [5, 5.41) is 2.11. The van der Waals surface area contributed by atoms with Gasteiger partial charge in [0.05, 0.1) is 5.92 Å². The molecule has 0 spiro atoms. The van der Waals surface area contributed by atoms with Crippen LogP contribution in [0.15, 0.2) is 29.6 Å². The Kier molecular flexibility index (Phi) is 9.68. The second-order valence-corrected chi connectivity index (χ2v) is 12.6. The Hall–Kier alpha value is -0.966. The topological polar surface area (TPSA) is 18.5 Å². The monoisotopic (exact) mass is 566 g/mol. The third kappa shape index (κ3) is 5.80. The molecule has 0 aliphatic carbocycles. The minimum absolute atomic E-state index is 0. The van der Waals surface area contributed by atoms with Gasteiger partial charge in [-0.1, -0.05) is 59.7 Å². The standard InChI is InChI=1S/C29H36Cl2O2S.Ti/c1-16-14-18(3)26(32-30)22(24(16)28(5,6)7)21(20-12-11-13-34-20)23-25(29(8,9)10)17(2)15-19(4)27(23)33-31;/h11-15,21H,1-10H3;. The van der Waals surface area contributed by atoms with Gasteiger partial charge in [0.25, 0.3) is 0 Å². The van der Waals surface area contributed by atoms with Crippen molar-refractivity contribution in [2.75, 3.05) is 0 Å². The molecule has 0 aliphatic rings. The van der Waals surface area contributed by atoms with Crippen LogP contribution in [0.4, 0.5) is 0 Å².